The highest BCUT2D eigenvalue weighted by atomic mass is 16.3. The Morgan fingerprint density at radius 1 is 1.23 bits per heavy atom. The minimum absolute atomic E-state index is 0.250. The van der Waals surface area contributed by atoms with E-state index in [9.17, 15) is 5.11 Å². The average Bonchev–Trinajstić information content (AvgIpc) is 3.16. The minimum Gasteiger partial charge on any atom is -0.508 e. The normalized spacial score (nSPS) is 13.0. The molecule has 2 heterocycles. The van der Waals surface area contributed by atoms with E-state index in [0.717, 1.165) is 45.4 Å². The van der Waals surface area contributed by atoms with Crippen LogP contribution in [0.3, 0.4) is 0 Å². The number of allylic oxidation sites excluding steroid dienone is 5. The van der Waals surface area contributed by atoms with E-state index in [1.165, 1.54) is 0 Å². The van der Waals surface area contributed by atoms with E-state index < -0.39 is 0 Å². The summed E-state index contributed by atoms with van der Waals surface area (Å²) >= 11 is 0. The van der Waals surface area contributed by atoms with Crippen molar-refractivity contribution in [2.75, 3.05) is 0 Å². The highest BCUT2D eigenvalue weighted by Crippen LogP contribution is 2.30. The zero-order valence-corrected chi connectivity index (χ0v) is 15.3. The third-order valence-corrected chi connectivity index (χ3v) is 4.31. The molecule has 0 saturated heterocycles. The van der Waals surface area contributed by atoms with E-state index in [2.05, 4.69) is 47.0 Å². The van der Waals surface area contributed by atoms with Gasteiger partial charge in [0, 0.05) is 22.7 Å². The molecule has 3 rings (SSSR count). The van der Waals surface area contributed by atoms with Gasteiger partial charge in [-0.1, -0.05) is 31.2 Å². The van der Waals surface area contributed by atoms with E-state index >= 15 is 0 Å². The Hall–Kier alpha value is -3.14. The van der Waals surface area contributed by atoms with Gasteiger partial charge in [0.15, 0.2) is 0 Å². The van der Waals surface area contributed by atoms with E-state index in [4.69, 9.17) is 0 Å². The Balaban J connectivity index is 2.12. The Labute approximate surface area is 153 Å². The Bertz CT molecular complexity index is 1010. The molecule has 4 heteroatoms. The van der Waals surface area contributed by atoms with Gasteiger partial charge in [-0.25, -0.2) is 4.98 Å². The molecular weight excluding hydrogens is 322 g/mol. The summed E-state index contributed by atoms with van der Waals surface area (Å²) in [5.74, 6) is 0.250. The zero-order valence-electron chi connectivity index (χ0n) is 15.3. The topological polar surface area (TPSA) is 61.8 Å². The predicted octanol–water partition coefficient (Wildman–Crippen LogP) is 5.91. The monoisotopic (exact) mass is 345 g/mol. The number of nitrogens with zero attached hydrogens (tertiary/aromatic N) is 2. The number of aliphatic hydroxyl groups excluding tert-OH is 1. The van der Waals surface area contributed by atoms with Gasteiger partial charge in [0.2, 0.25) is 0 Å². The molecule has 0 saturated carbocycles. The first kappa shape index (κ1) is 17.7. The number of aliphatic hydroxyl groups is 1. The van der Waals surface area contributed by atoms with Crippen LogP contribution < -0.4 is 0 Å². The maximum Gasteiger partial charge on any atom is 0.119 e. The lowest BCUT2D eigenvalue weighted by Gasteiger charge is -2.08. The number of fused-ring (bicyclic) bond motifs is 1. The van der Waals surface area contributed by atoms with Crippen molar-refractivity contribution < 1.29 is 5.11 Å². The number of pyridine rings is 1. The van der Waals surface area contributed by atoms with Crippen LogP contribution in [0.2, 0.25) is 0 Å². The van der Waals surface area contributed by atoms with Crippen molar-refractivity contribution in [2.45, 2.75) is 27.2 Å². The van der Waals surface area contributed by atoms with Crippen molar-refractivity contribution in [1.29, 1.82) is 0 Å². The van der Waals surface area contributed by atoms with Crippen LogP contribution in [0.1, 0.15) is 38.4 Å². The van der Waals surface area contributed by atoms with Gasteiger partial charge in [-0.3, -0.25) is 4.98 Å². The van der Waals surface area contributed by atoms with Crippen molar-refractivity contribution >= 4 is 22.2 Å². The van der Waals surface area contributed by atoms with E-state index in [-0.39, 0.29) is 5.76 Å². The standard InChI is InChI=1S/C22H23N3O/c1-4-6-7-8-15(3)21-22(25-14-24-21)16-9-10-19-18(13-16)17(11-12-23-19)20(26)5-2/h5-14,26H,4H2,1-3H3,(H,24,25)/b7-6-,15-8+,20-5-. The fraction of sp³-hybridized carbons (Fsp3) is 0.182. The fourth-order valence-electron chi connectivity index (χ4n) is 2.92. The molecule has 0 aliphatic carbocycles. The SMILES string of the molecule is C/C=C(\O)c1ccnc2ccc(-c3[nH]cnc3/C(C)=C/C=C\CC)cc12. The van der Waals surface area contributed by atoms with Crippen LogP contribution in [-0.2, 0) is 0 Å². The summed E-state index contributed by atoms with van der Waals surface area (Å²) < 4.78 is 0. The molecule has 3 aromatic rings. The number of imidazole rings is 1. The molecule has 1 aromatic carbocycles. The lowest BCUT2D eigenvalue weighted by Crippen LogP contribution is -1.91. The van der Waals surface area contributed by atoms with E-state index in [1.807, 2.05) is 31.2 Å². The fourth-order valence-corrected chi connectivity index (χ4v) is 2.92. The smallest absolute Gasteiger partial charge is 0.119 e. The van der Waals surface area contributed by atoms with Crippen LogP contribution >= 0.6 is 0 Å². The van der Waals surface area contributed by atoms with Crippen molar-refractivity contribution in [3.8, 4) is 11.3 Å². The second-order valence-electron chi connectivity index (χ2n) is 6.08. The Morgan fingerprint density at radius 3 is 2.85 bits per heavy atom. The summed E-state index contributed by atoms with van der Waals surface area (Å²) in [5.41, 5.74) is 5.60. The lowest BCUT2D eigenvalue weighted by atomic mass is 10.0. The molecule has 0 radical (unpaired) electrons. The Morgan fingerprint density at radius 2 is 2.08 bits per heavy atom. The van der Waals surface area contributed by atoms with Crippen molar-refractivity contribution in [1.82, 2.24) is 15.0 Å². The lowest BCUT2D eigenvalue weighted by molar-refractivity contribution is 0.511. The molecule has 0 bridgehead atoms. The molecule has 0 aliphatic rings. The number of nitrogens with one attached hydrogen (secondary N) is 1. The van der Waals surface area contributed by atoms with Gasteiger partial charge in [0.1, 0.15) is 5.76 Å². The molecule has 2 aromatic heterocycles. The number of H-pyrrole nitrogens is 1. The number of aromatic nitrogens is 3. The summed E-state index contributed by atoms with van der Waals surface area (Å²) in [6, 6.07) is 7.87. The second-order valence-corrected chi connectivity index (χ2v) is 6.08. The quantitative estimate of drug-likeness (QED) is 0.446. The van der Waals surface area contributed by atoms with Gasteiger partial charge in [0.05, 0.1) is 23.2 Å². The maximum absolute atomic E-state index is 10.2. The van der Waals surface area contributed by atoms with Crippen LogP contribution in [0, 0.1) is 0 Å². The zero-order chi connectivity index (χ0) is 18.5. The molecule has 0 fully saturated rings. The minimum atomic E-state index is 0.250. The molecule has 4 nitrogen and oxygen atoms in total. The van der Waals surface area contributed by atoms with Gasteiger partial charge >= 0.3 is 0 Å². The van der Waals surface area contributed by atoms with Crippen LogP contribution in [0.5, 0.6) is 0 Å². The average molecular weight is 345 g/mol. The second kappa shape index (κ2) is 7.83. The number of rotatable bonds is 5. The Kier molecular flexibility index (Phi) is 5.32. The van der Waals surface area contributed by atoms with Crippen molar-refractivity contribution in [3.05, 3.63) is 72.4 Å². The molecule has 0 spiro atoms. The maximum atomic E-state index is 10.2. The highest BCUT2D eigenvalue weighted by Gasteiger charge is 2.12. The first-order chi connectivity index (χ1) is 12.7. The van der Waals surface area contributed by atoms with Crippen molar-refractivity contribution in [2.24, 2.45) is 0 Å². The number of aromatic amines is 1. The molecule has 0 amide bonds. The van der Waals surface area contributed by atoms with Crippen LogP contribution in [-0.4, -0.2) is 20.1 Å². The van der Waals surface area contributed by atoms with Gasteiger partial charge in [-0.2, -0.15) is 0 Å². The van der Waals surface area contributed by atoms with E-state index in [0.29, 0.717) is 0 Å². The number of hydrogen-bond acceptors (Lipinski definition) is 3. The summed E-state index contributed by atoms with van der Waals surface area (Å²) in [6.45, 7) is 5.98. The third kappa shape index (κ3) is 3.45. The summed E-state index contributed by atoms with van der Waals surface area (Å²) in [6.07, 6.45) is 12.4. The van der Waals surface area contributed by atoms with Crippen LogP contribution in [0.25, 0.3) is 33.5 Å². The predicted molar refractivity (Wildman–Crippen MR) is 109 cm³/mol. The first-order valence-electron chi connectivity index (χ1n) is 8.77. The van der Waals surface area contributed by atoms with Gasteiger partial charge in [0.25, 0.3) is 0 Å². The molecular formula is C22H23N3O. The van der Waals surface area contributed by atoms with E-state index in [1.54, 1.807) is 18.6 Å². The molecule has 132 valence electrons. The molecule has 0 unspecified atom stereocenters. The third-order valence-electron chi connectivity index (χ3n) is 4.31. The highest BCUT2D eigenvalue weighted by molar-refractivity contribution is 5.93. The van der Waals surface area contributed by atoms with Gasteiger partial charge < -0.3 is 10.1 Å². The molecule has 2 N–H and O–H groups in total. The van der Waals surface area contributed by atoms with Crippen LogP contribution in [0.4, 0.5) is 0 Å². The van der Waals surface area contributed by atoms with Gasteiger partial charge in [-0.15, -0.1) is 0 Å². The number of hydrogen-bond donors (Lipinski definition) is 2. The largest absolute Gasteiger partial charge is 0.508 e. The molecule has 0 atom stereocenters. The van der Waals surface area contributed by atoms with Gasteiger partial charge in [-0.05, 0) is 50.1 Å². The van der Waals surface area contributed by atoms with Crippen molar-refractivity contribution in [3.63, 3.8) is 0 Å². The van der Waals surface area contributed by atoms with Crippen LogP contribution in [0.15, 0.2) is 61.1 Å². The summed E-state index contributed by atoms with van der Waals surface area (Å²) in [5, 5.41) is 11.1. The summed E-state index contributed by atoms with van der Waals surface area (Å²) in [7, 11) is 0. The number of benzene rings is 1. The summed E-state index contributed by atoms with van der Waals surface area (Å²) in [4.78, 5) is 12.1. The first-order valence-corrected chi connectivity index (χ1v) is 8.77. The molecule has 26 heavy (non-hydrogen) atoms. The molecule has 0 aliphatic heterocycles.